The molecule has 0 aliphatic heterocycles. The number of amides is 1. The lowest BCUT2D eigenvalue weighted by atomic mass is 10.1. The fourth-order valence-electron chi connectivity index (χ4n) is 2.12. The zero-order valence-electron chi connectivity index (χ0n) is 13.0. The van der Waals surface area contributed by atoms with Gasteiger partial charge in [-0.2, -0.15) is 0 Å². The number of H-pyrrole nitrogens is 1. The van der Waals surface area contributed by atoms with Gasteiger partial charge in [0, 0.05) is 11.4 Å². The van der Waals surface area contributed by atoms with Gasteiger partial charge in [-0.3, -0.25) is 9.89 Å². The molecular weight excluding hydrogens is 379 g/mol. The molecule has 0 saturated heterocycles. The molecule has 1 aromatic heterocycles. The highest BCUT2D eigenvalue weighted by Crippen LogP contribution is 2.25. The monoisotopic (exact) mass is 392 g/mol. The molecule has 128 valence electrons. The number of carbonyl (C=O) groups excluding carboxylic acids is 1. The fourth-order valence-corrected chi connectivity index (χ4v) is 3.07. The number of rotatable bonds is 6. The van der Waals surface area contributed by atoms with Gasteiger partial charge in [0.2, 0.25) is 11.1 Å². The second-order valence-corrected chi connectivity index (χ2v) is 6.97. The summed E-state index contributed by atoms with van der Waals surface area (Å²) in [5.74, 6) is 0.724. The van der Waals surface area contributed by atoms with Crippen molar-refractivity contribution in [1.82, 2.24) is 15.2 Å². The maximum absolute atomic E-state index is 12.0. The molecule has 0 aliphatic carbocycles. The number of benzene rings is 2. The molecule has 1 amide bonds. The van der Waals surface area contributed by atoms with Crippen molar-refractivity contribution in [1.29, 1.82) is 0 Å². The van der Waals surface area contributed by atoms with Crippen molar-refractivity contribution < 1.29 is 4.79 Å². The minimum absolute atomic E-state index is 0.172. The average molecular weight is 393 g/mol. The molecule has 0 atom stereocenters. The first-order valence-electron chi connectivity index (χ1n) is 7.43. The minimum atomic E-state index is -0.205. The van der Waals surface area contributed by atoms with E-state index in [1.807, 2.05) is 30.3 Å². The van der Waals surface area contributed by atoms with Crippen LogP contribution in [0.3, 0.4) is 0 Å². The molecule has 0 spiro atoms. The van der Waals surface area contributed by atoms with Crippen LogP contribution in [-0.2, 0) is 11.2 Å². The van der Waals surface area contributed by atoms with Crippen LogP contribution in [0, 0.1) is 0 Å². The summed E-state index contributed by atoms with van der Waals surface area (Å²) >= 11 is 13.2. The molecule has 2 aromatic carbocycles. The number of carbonyl (C=O) groups is 1. The smallest absolute Gasteiger partial charge is 0.234 e. The maximum Gasteiger partial charge on any atom is 0.234 e. The normalized spacial score (nSPS) is 10.6. The Morgan fingerprint density at radius 3 is 2.76 bits per heavy atom. The van der Waals surface area contributed by atoms with E-state index in [4.69, 9.17) is 23.2 Å². The van der Waals surface area contributed by atoms with Crippen LogP contribution in [0.5, 0.6) is 0 Å². The van der Waals surface area contributed by atoms with Crippen molar-refractivity contribution >= 4 is 46.6 Å². The van der Waals surface area contributed by atoms with E-state index < -0.39 is 0 Å². The van der Waals surface area contributed by atoms with Crippen LogP contribution in [0.15, 0.2) is 53.7 Å². The van der Waals surface area contributed by atoms with Crippen LogP contribution in [-0.4, -0.2) is 26.8 Å². The lowest BCUT2D eigenvalue weighted by Crippen LogP contribution is -2.14. The molecule has 0 radical (unpaired) electrons. The van der Waals surface area contributed by atoms with E-state index in [0.29, 0.717) is 27.3 Å². The second-order valence-electron chi connectivity index (χ2n) is 5.19. The van der Waals surface area contributed by atoms with E-state index in [1.54, 1.807) is 18.2 Å². The van der Waals surface area contributed by atoms with E-state index in [-0.39, 0.29) is 11.7 Å². The summed E-state index contributed by atoms with van der Waals surface area (Å²) < 4.78 is 0. The Balaban J connectivity index is 1.53. The summed E-state index contributed by atoms with van der Waals surface area (Å²) in [6.45, 7) is 0. The van der Waals surface area contributed by atoms with Gasteiger partial charge in [0.25, 0.3) is 0 Å². The van der Waals surface area contributed by atoms with Gasteiger partial charge >= 0.3 is 0 Å². The highest BCUT2D eigenvalue weighted by Gasteiger charge is 2.10. The Bertz CT molecular complexity index is 870. The van der Waals surface area contributed by atoms with Gasteiger partial charge in [0.05, 0.1) is 16.5 Å². The Morgan fingerprint density at radius 2 is 1.96 bits per heavy atom. The highest BCUT2D eigenvalue weighted by atomic mass is 35.5. The van der Waals surface area contributed by atoms with Crippen molar-refractivity contribution in [3.8, 4) is 0 Å². The number of hydrogen-bond donors (Lipinski definition) is 2. The number of anilines is 1. The minimum Gasteiger partial charge on any atom is -0.324 e. The molecule has 2 N–H and O–H groups in total. The first-order chi connectivity index (χ1) is 12.1. The van der Waals surface area contributed by atoms with Crippen molar-refractivity contribution in [2.24, 2.45) is 0 Å². The van der Waals surface area contributed by atoms with Crippen LogP contribution in [0.2, 0.25) is 10.0 Å². The Kier molecular flexibility index (Phi) is 5.96. The number of thioether (sulfide) groups is 1. The molecule has 0 fully saturated rings. The number of nitrogens with zero attached hydrogens (tertiary/aromatic N) is 2. The standard InChI is InChI=1S/C17H14Cl2N4OS/c18-12-6-7-13(19)14(9-12)20-16(24)10-25-17-21-15(22-23-17)8-11-4-2-1-3-5-11/h1-7,9H,8,10H2,(H,20,24)(H,21,22,23). The number of nitrogens with one attached hydrogen (secondary N) is 2. The van der Waals surface area contributed by atoms with Crippen LogP contribution < -0.4 is 5.32 Å². The number of hydrogen-bond acceptors (Lipinski definition) is 4. The van der Waals surface area contributed by atoms with Gasteiger partial charge in [-0.25, -0.2) is 4.98 Å². The van der Waals surface area contributed by atoms with Crippen molar-refractivity contribution in [2.45, 2.75) is 11.6 Å². The van der Waals surface area contributed by atoms with Gasteiger partial charge in [0.15, 0.2) is 0 Å². The number of halogens is 2. The molecule has 0 bridgehead atoms. The molecule has 3 aromatic rings. The van der Waals surface area contributed by atoms with Crippen LogP contribution in [0.1, 0.15) is 11.4 Å². The quantitative estimate of drug-likeness (QED) is 0.608. The lowest BCUT2D eigenvalue weighted by molar-refractivity contribution is -0.113. The molecule has 0 unspecified atom stereocenters. The Labute approximate surface area is 159 Å². The second kappa shape index (κ2) is 8.38. The van der Waals surface area contributed by atoms with Crippen LogP contribution >= 0.6 is 35.0 Å². The predicted molar refractivity (Wildman–Crippen MR) is 101 cm³/mol. The van der Waals surface area contributed by atoms with E-state index in [0.717, 1.165) is 11.4 Å². The summed E-state index contributed by atoms with van der Waals surface area (Å²) in [5.41, 5.74) is 1.63. The van der Waals surface area contributed by atoms with Gasteiger partial charge in [-0.15, -0.1) is 5.10 Å². The number of aromatic amines is 1. The third-order valence-corrected chi connectivity index (χ3v) is 4.67. The first-order valence-corrected chi connectivity index (χ1v) is 9.17. The molecule has 5 nitrogen and oxygen atoms in total. The maximum atomic E-state index is 12.0. The summed E-state index contributed by atoms with van der Waals surface area (Å²) in [6.07, 6.45) is 0.665. The van der Waals surface area contributed by atoms with E-state index >= 15 is 0 Å². The van der Waals surface area contributed by atoms with Gasteiger partial charge in [0.1, 0.15) is 5.82 Å². The van der Waals surface area contributed by atoms with Crippen LogP contribution in [0.4, 0.5) is 5.69 Å². The molecule has 1 heterocycles. The molecule has 25 heavy (non-hydrogen) atoms. The third-order valence-electron chi connectivity index (χ3n) is 3.26. The van der Waals surface area contributed by atoms with Crippen molar-refractivity contribution in [2.75, 3.05) is 11.1 Å². The first kappa shape index (κ1) is 17.8. The van der Waals surface area contributed by atoms with E-state index in [2.05, 4.69) is 20.5 Å². The highest BCUT2D eigenvalue weighted by molar-refractivity contribution is 7.99. The summed E-state index contributed by atoms with van der Waals surface area (Å²) in [6, 6.07) is 14.9. The fraction of sp³-hybridized carbons (Fsp3) is 0.118. The van der Waals surface area contributed by atoms with Crippen LogP contribution in [0.25, 0.3) is 0 Å². The largest absolute Gasteiger partial charge is 0.324 e. The zero-order valence-corrected chi connectivity index (χ0v) is 15.3. The molecule has 0 saturated carbocycles. The SMILES string of the molecule is O=C(CSc1n[nH]c(Cc2ccccc2)n1)Nc1cc(Cl)ccc1Cl. The topological polar surface area (TPSA) is 70.7 Å². The summed E-state index contributed by atoms with van der Waals surface area (Å²) in [7, 11) is 0. The number of aromatic nitrogens is 3. The van der Waals surface area contributed by atoms with Gasteiger partial charge in [-0.1, -0.05) is 65.3 Å². The molecule has 3 rings (SSSR count). The summed E-state index contributed by atoms with van der Waals surface area (Å²) in [5, 5.41) is 11.2. The summed E-state index contributed by atoms with van der Waals surface area (Å²) in [4.78, 5) is 16.4. The average Bonchev–Trinajstić information content (AvgIpc) is 3.05. The molecule has 0 aliphatic rings. The van der Waals surface area contributed by atoms with Gasteiger partial charge in [-0.05, 0) is 23.8 Å². The zero-order chi connectivity index (χ0) is 17.6. The van der Waals surface area contributed by atoms with E-state index in [9.17, 15) is 4.79 Å². The predicted octanol–water partition coefficient (Wildman–Crippen LogP) is 4.43. The Hall–Kier alpha value is -2.02. The molecule has 8 heteroatoms. The van der Waals surface area contributed by atoms with E-state index in [1.165, 1.54) is 11.8 Å². The van der Waals surface area contributed by atoms with Gasteiger partial charge < -0.3 is 5.32 Å². The third kappa shape index (κ3) is 5.22. The van der Waals surface area contributed by atoms with Crippen molar-refractivity contribution in [3.63, 3.8) is 0 Å². The molecular formula is C17H14Cl2N4OS. The van der Waals surface area contributed by atoms with Crippen molar-refractivity contribution in [3.05, 3.63) is 70.0 Å². The lowest BCUT2D eigenvalue weighted by Gasteiger charge is -2.06. The Morgan fingerprint density at radius 1 is 1.16 bits per heavy atom.